The first-order valence-electron chi connectivity index (χ1n) is 8.63. The van der Waals surface area contributed by atoms with Gasteiger partial charge in [0.15, 0.2) is 0 Å². The predicted molar refractivity (Wildman–Crippen MR) is 90.3 cm³/mol. The summed E-state index contributed by atoms with van der Waals surface area (Å²) in [5.74, 6) is 0.455. The minimum Gasteiger partial charge on any atom is -0.383 e. The molecule has 0 spiro atoms. The van der Waals surface area contributed by atoms with E-state index in [1.54, 1.807) is 18.5 Å². The molecule has 24 heavy (non-hydrogen) atoms. The monoisotopic (exact) mass is 328 g/mol. The van der Waals surface area contributed by atoms with Crippen LogP contribution in [0.4, 0.5) is 5.69 Å². The Morgan fingerprint density at radius 2 is 2.21 bits per heavy atom. The van der Waals surface area contributed by atoms with Gasteiger partial charge in [-0.2, -0.15) is 5.26 Å². The number of rotatable bonds is 6. The van der Waals surface area contributed by atoms with Crippen molar-refractivity contribution in [3.63, 3.8) is 0 Å². The van der Waals surface area contributed by atoms with Crippen molar-refractivity contribution >= 4 is 11.6 Å². The molecule has 1 saturated carbocycles. The highest BCUT2D eigenvalue weighted by molar-refractivity contribution is 5.80. The summed E-state index contributed by atoms with van der Waals surface area (Å²) in [5, 5.41) is 12.5. The Bertz CT molecular complexity index is 618. The van der Waals surface area contributed by atoms with Gasteiger partial charge in [-0.05, 0) is 37.7 Å². The molecule has 2 fully saturated rings. The van der Waals surface area contributed by atoms with E-state index in [4.69, 9.17) is 4.74 Å². The van der Waals surface area contributed by atoms with Crippen LogP contribution in [-0.4, -0.2) is 48.6 Å². The van der Waals surface area contributed by atoms with Crippen molar-refractivity contribution in [3.05, 3.63) is 24.0 Å². The van der Waals surface area contributed by atoms with Gasteiger partial charge >= 0.3 is 0 Å². The smallest absolute Gasteiger partial charge is 0.227 e. The summed E-state index contributed by atoms with van der Waals surface area (Å²) in [4.78, 5) is 18.9. The van der Waals surface area contributed by atoms with Crippen LogP contribution in [0.3, 0.4) is 0 Å². The van der Waals surface area contributed by atoms with Gasteiger partial charge in [0.05, 0.1) is 17.2 Å². The first kappa shape index (κ1) is 16.7. The van der Waals surface area contributed by atoms with E-state index >= 15 is 0 Å². The summed E-state index contributed by atoms with van der Waals surface area (Å²) in [5.41, 5.74) is 1.25. The first-order chi connectivity index (χ1) is 11.7. The van der Waals surface area contributed by atoms with Gasteiger partial charge in [0.2, 0.25) is 5.91 Å². The molecular weight excluding hydrogens is 304 g/mol. The lowest BCUT2D eigenvalue weighted by molar-refractivity contribution is -0.137. The van der Waals surface area contributed by atoms with Crippen molar-refractivity contribution in [2.75, 3.05) is 32.1 Å². The molecule has 128 valence electrons. The lowest BCUT2D eigenvalue weighted by atomic mass is 9.84. The number of hydrogen-bond acceptors (Lipinski definition) is 5. The normalized spacial score (nSPS) is 19.3. The molecular formula is C18H24N4O2. The predicted octanol–water partition coefficient (Wildman–Crippen LogP) is 2.03. The summed E-state index contributed by atoms with van der Waals surface area (Å²) >= 11 is 0. The number of hydrogen-bond donors (Lipinski definition) is 1. The highest BCUT2D eigenvalue weighted by Crippen LogP contribution is 2.31. The van der Waals surface area contributed by atoms with Crippen LogP contribution in [0.2, 0.25) is 0 Å². The van der Waals surface area contributed by atoms with Crippen molar-refractivity contribution in [1.82, 2.24) is 9.88 Å². The standard InChI is InChI=1S/C18H24N4O2/c1-22(15-2-3-15)18(23)16(13-5-8-24-9-6-13)12-21-17-4-7-20-11-14(17)10-19/h4,7,11,13,15-16H,2-3,5-6,8-9,12H2,1H3,(H,20,21). The second kappa shape index (κ2) is 7.63. The maximum Gasteiger partial charge on any atom is 0.227 e. The maximum atomic E-state index is 13.0. The number of ether oxygens (including phenoxy) is 1. The van der Waals surface area contributed by atoms with E-state index in [1.807, 2.05) is 11.9 Å². The Kier molecular flexibility index (Phi) is 5.31. The Labute approximate surface area is 142 Å². The molecule has 3 rings (SSSR count). The molecule has 2 heterocycles. The second-order valence-corrected chi connectivity index (χ2v) is 6.65. The van der Waals surface area contributed by atoms with Gasteiger partial charge in [-0.1, -0.05) is 0 Å². The van der Waals surface area contributed by atoms with Crippen molar-refractivity contribution in [2.45, 2.75) is 31.7 Å². The lowest BCUT2D eigenvalue weighted by Gasteiger charge is -2.32. The van der Waals surface area contributed by atoms with E-state index in [0.717, 1.165) is 44.6 Å². The molecule has 1 atom stereocenters. The van der Waals surface area contributed by atoms with Crippen molar-refractivity contribution in [3.8, 4) is 6.07 Å². The molecule has 2 aliphatic rings. The van der Waals surface area contributed by atoms with Crippen molar-refractivity contribution in [2.24, 2.45) is 11.8 Å². The Morgan fingerprint density at radius 3 is 2.88 bits per heavy atom. The second-order valence-electron chi connectivity index (χ2n) is 6.65. The van der Waals surface area contributed by atoms with E-state index in [9.17, 15) is 10.1 Å². The molecule has 1 amide bonds. The van der Waals surface area contributed by atoms with E-state index in [-0.39, 0.29) is 11.8 Å². The van der Waals surface area contributed by atoms with Crippen LogP contribution in [0.15, 0.2) is 18.5 Å². The summed E-state index contributed by atoms with van der Waals surface area (Å²) in [6, 6.07) is 4.34. The number of nitrogens with zero attached hydrogens (tertiary/aromatic N) is 3. The highest BCUT2D eigenvalue weighted by atomic mass is 16.5. The third-order valence-corrected chi connectivity index (χ3v) is 5.05. The third-order valence-electron chi connectivity index (χ3n) is 5.05. The fourth-order valence-electron chi connectivity index (χ4n) is 3.33. The van der Waals surface area contributed by atoms with Crippen LogP contribution in [0.25, 0.3) is 0 Å². The number of amides is 1. The molecule has 0 aromatic carbocycles. The minimum atomic E-state index is -0.0841. The number of anilines is 1. The number of pyridine rings is 1. The van der Waals surface area contributed by atoms with Crippen LogP contribution in [0.1, 0.15) is 31.2 Å². The maximum absolute atomic E-state index is 13.0. The molecule has 0 radical (unpaired) electrons. The molecule has 1 saturated heterocycles. The fraction of sp³-hybridized carbons (Fsp3) is 0.611. The van der Waals surface area contributed by atoms with Gasteiger partial charge in [-0.15, -0.1) is 0 Å². The van der Waals surface area contributed by atoms with E-state index in [0.29, 0.717) is 24.1 Å². The Morgan fingerprint density at radius 1 is 1.46 bits per heavy atom. The van der Waals surface area contributed by atoms with Gasteiger partial charge in [0.1, 0.15) is 6.07 Å². The number of aromatic nitrogens is 1. The quantitative estimate of drug-likeness (QED) is 0.864. The van der Waals surface area contributed by atoms with E-state index in [1.165, 1.54) is 0 Å². The molecule has 1 aliphatic carbocycles. The zero-order valence-electron chi connectivity index (χ0n) is 14.1. The van der Waals surface area contributed by atoms with Crippen LogP contribution in [0, 0.1) is 23.2 Å². The average molecular weight is 328 g/mol. The van der Waals surface area contributed by atoms with Gasteiger partial charge in [-0.3, -0.25) is 9.78 Å². The SMILES string of the molecule is CN(C(=O)C(CNc1ccncc1C#N)C1CCOCC1)C1CC1. The van der Waals surface area contributed by atoms with Crippen LogP contribution >= 0.6 is 0 Å². The van der Waals surface area contributed by atoms with Crippen LogP contribution < -0.4 is 5.32 Å². The number of carbonyl (C=O) groups is 1. The molecule has 1 unspecified atom stereocenters. The highest BCUT2D eigenvalue weighted by Gasteiger charge is 2.37. The summed E-state index contributed by atoms with van der Waals surface area (Å²) in [6.07, 6.45) is 7.25. The zero-order chi connectivity index (χ0) is 16.9. The molecule has 0 bridgehead atoms. The Balaban J connectivity index is 1.71. The average Bonchev–Trinajstić information content (AvgIpc) is 3.47. The number of carbonyl (C=O) groups excluding carboxylic acids is 1. The number of nitriles is 1. The molecule has 1 aliphatic heterocycles. The zero-order valence-corrected chi connectivity index (χ0v) is 14.1. The molecule has 1 N–H and O–H groups in total. The van der Waals surface area contributed by atoms with Crippen molar-refractivity contribution in [1.29, 1.82) is 5.26 Å². The first-order valence-corrected chi connectivity index (χ1v) is 8.63. The van der Waals surface area contributed by atoms with E-state index in [2.05, 4.69) is 16.4 Å². The summed E-state index contributed by atoms with van der Waals surface area (Å²) in [7, 11) is 1.92. The molecule has 6 nitrogen and oxygen atoms in total. The minimum absolute atomic E-state index is 0.0841. The molecule has 1 aromatic heterocycles. The topological polar surface area (TPSA) is 78.3 Å². The third kappa shape index (κ3) is 3.85. The van der Waals surface area contributed by atoms with Gasteiger partial charge < -0.3 is 15.0 Å². The summed E-state index contributed by atoms with van der Waals surface area (Å²) < 4.78 is 5.45. The lowest BCUT2D eigenvalue weighted by Crippen LogP contribution is -2.42. The molecule has 6 heteroatoms. The van der Waals surface area contributed by atoms with Gasteiger partial charge in [0.25, 0.3) is 0 Å². The van der Waals surface area contributed by atoms with Gasteiger partial charge in [0, 0.05) is 45.2 Å². The van der Waals surface area contributed by atoms with Crippen LogP contribution in [0.5, 0.6) is 0 Å². The van der Waals surface area contributed by atoms with Crippen molar-refractivity contribution < 1.29 is 9.53 Å². The summed E-state index contributed by atoms with van der Waals surface area (Å²) in [6.45, 7) is 1.99. The number of nitrogens with one attached hydrogen (secondary N) is 1. The molecule has 1 aromatic rings. The fourth-order valence-corrected chi connectivity index (χ4v) is 3.33. The Hall–Kier alpha value is -2.13. The van der Waals surface area contributed by atoms with Crippen LogP contribution in [-0.2, 0) is 9.53 Å². The van der Waals surface area contributed by atoms with Gasteiger partial charge in [-0.25, -0.2) is 0 Å². The van der Waals surface area contributed by atoms with E-state index < -0.39 is 0 Å². The largest absolute Gasteiger partial charge is 0.383 e.